The molecule has 0 aliphatic heterocycles. The van der Waals surface area contributed by atoms with E-state index in [1.165, 1.54) is 19.3 Å². The quantitative estimate of drug-likeness (QED) is 0.689. The molecule has 15 heavy (non-hydrogen) atoms. The third kappa shape index (κ3) is 1.15. The molecule has 0 heterocycles. The first kappa shape index (κ1) is 11.0. The first-order valence-corrected chi connectivity index (χ1v) is 6.03. The molecule has 84 valence electrons. The molecule has 3 unspecified atom stereocenters. The lowest BCUT2D eigenvalue weighted by atomic mass is 9.59. The van der Waals surface area contributed by atoms with Crippen LogP contribution in [0.1, 0.15) is 52.9 Å². The van der Waals surface area contributed by atoms with Crippen molar-refractivity contribution in [3.05, 3.63) is 0 Å². The zero-order valence-electron chi connectivity index (χ0n) is 10.1. The smallest absolute Gasteiger partial charge is 0.0763 e. The highest BCUT2D eigenvalue weighted by Crippen LogP contribution is 2.69. The summed E-state index contributed by atoms with van der Waals surface area (Å²) in [6, 6.07) is 0. The van der Waals surface area contributed by atoms with Gasteiger partial charge >= 0.3 is 0 Å². The van der Waals surface area contributed by atoms with E-state index in [4.69, 9.17) is 6.42 Å². The molecule has 0 radical (unpaired) electrons. The Labute approximate surface area is 93.3 Å². The van der Waals surface area contributed by atoms with Gasteiger partial charge in [0.1, 0.15) is 0 Å². The molecular formula is C14H22O. The van der Waals surface area contributed by atoms with Crippen LogP contribution in [0.15, 0.2) is 0 Å². The van der Waals surface area contributed by atoms with Crippen LogP contribution in [-0.4, -0.2) is 10.7 Å². The van der Waals surface area contributed by atoms with Crippen molar-refractivity contribution in [1.82, 2.24) is 0 Å². The molecule has 2 rings (SSSR count). The number of fused-ring (bicyclic) bond motifs is 2. The second-order valence-electron chi connectivity index (χ2n) is 6.29. The van der Waals surface area contributed by atoms with E-state index in [1.807, 2.05) is 0 Å². The van der Waals surface area contributed by atoms with Crippen LogP contribution >= 0.6 is 0 Å². The average Bonchev–Trinajstić information content (AvgIpc) is 2.63. The molecule has 0 spiro atoms. The average molecular weight is 206 g/mol. The number of rotatable bonds is 2. The molecule has 0 aromatic carbocycles. The molecule has 1 heteroatoms. The Morgan fingerprint density at radius 3 is 2.53 bits per heavy atom. The summed E-state index contributed by atoms with van der Waals surface area (Å²) in [7, 11) is 0. The molecule has 2 bridgehead atoms. The summed E-state index contributed by atoms with van der Waals surface area (Å²) in [5.41, 5.74) is -0.399. The summed E-state index contributed by atoms with van der Waals surface area (Å²) >= 11 is 0. The summed E-state index contributed by atoms with van der Waals surface area (Å²) in [5.74, 6) is 3.36. The van der Waals surface area contributed by atoms with Gasteiger partial charge in [-0.25, -0.2) is 0 Å². The van der Waals surface area contributed by atoms with Gasteiger partial charge in [0.15, 0.2) is 0 Å². The van der Waals surface area contributed by atoms with Gasteiger partial charge in [-0.3, -0.25) is 0 Å². The van der Waals surface area contributed by atoms with E-state index in [9.17, 15) is 5.11 Å². The molecule has 2 fully saturated rings. The van der Waals surface area contributed by atoms with E-state index in [0.29, 0.717) is 12.3 Å². The van der Waals surface area contributed by atoms with E-state index >= 15 is 0 Å². The van der Waals surface area contributed by atoms with Crippen molar-refractivity contribution >= 4 is 0 Å². The predicted octanol–water partition coefficient (Wildman–Crippen LogP) is 2.98. The lowest BCUT2D eigenvalue weighted by Crippen LogP contribution is -2.53. The van der Waals surface area contributed by atoms with Crippen molar-refractivity contribution in [3.63, 3.8) is 0 Å². The van der Waals surface area contributed by atoms with Crippen LogP contribution in [0.25, 0.3) is 0 Å². The molecule has 2 aliphatic carbocycles. The van der Waals surface area contributed by atoms with E-state index in [-0.39, 0.29) is 10.8 Å². The Balaban J connectivity index is 2.33. The molecular weight excluding hydrogens is 184 g/mol. The third-order valence-corrected chi connectivity index (χ3v) is 5.46. The number of hydrogen-bond donors (Lipinski definition) is 1. The van der Waals surface area contributed by atoms with Crippen molar-refractivity contribution in [2.75, 3.05) is 0 Å². The van der Waals surface area contributed by atoms with Crippen LogP contribution in [0.4, 0.5) is 0 Å². The first-order valence-electron chi connectivity index (χ1n) is 6.03. The van der Waals surface area contributed by atoms with Crippen LogP contribution in [0.5, 0.6) is 0 Å². The molecule has 3 atom stereocenters. The van der Waals surface area contributed by atoms with Gasteiger partial charge in [0.2, 0.25) is 0 Å². The number of aliphatic hydroxyl groups is 1. The van der Waals surface area contributed by atoms with Crippen molar-refractivity contribution in [1.29, 1.82) is 0 Å². The van der Waals surface area contributed by atoms with Crippen LogP contribution in [0.3, 0.4) is 0 Å². The lowest BCUT2D eigenvalue weighted by Gasteiger charge is -2.50. The fourth-order valence-electron chi connectivity index (χ4n) is 4.22. The Hall–Kier alpha value is -0.480. The van der Waals surface area contributed by atoms with Crippen LogP contribution < -0.4 is 0 Å². The Kier molecular flexibility index (Phi) is 2.21. The lowest BCUT2D eigenvalue weighted by molar-refractivity contribution is -0.146. The van der Waals surface area contributed by atoms with Gasteiger partial charge in [-0.2, -0.15) is 0 Å². The highest BCUT2D eigenvalue weighted by Gasteiger charge is 2.67. The maximum Gasteiger partial charge on any atom is 0.0763 e. The van der Waals surface area contributed by atoms with Gasteiger partial charge in [0.05, 0.1) is 5.60 Å². The monoisotopic (exact) mass is 206 g/mol. The highest BCUT2D eigenvalue weighted by atomic mass is 16.3. The van der Waals surface area contributed by atoms with Gasteiger partial charge in [-0.15, -0.1) is 12.3 Å². The minimum atomic E-state index is -0.546. The van der Waals surface area contributed by atoms with Crippen LogP contribution in [-0.2, 0) is 0 Å². The topological polar surface area (TPSA) is 20.2 Å². The van der Waals surface area contributed by atoms with Crippen LogP contribution in [0.2, 0.25) is 0 Å². The molecule has 0 amide bonds. The molecule has 0 saturated heterocycles. The maximum atomic E-state index is 11.0. The van der Waals surface area contributed by atoms with Gasteiger partial charge < -0.3 is 5.11 Å². The highest BCUT2D eigenvalue weighted by molar-refractivity contribution is 5.18. The fraction of sp³-hybridized carbons (Fsp3) is 0.857. The Morgan fingerprint density at radius 2 is 2.07 bits per heavy atom. The second kappa shape index (κ2) is 3.01. The van der Waals surface area contributed by atoms with Crippen molar-refractivity contribution in [2.45, 2.75) is 58.5 Å². The summed E-state index contributed by atoms with van der Waals surface area (Å²) in [5, 5.41) is 11.0. The van der Waals surface area contributed by atoms with Crippen LogP contribution in [0, 0.1) is 29.1 Å². The predicted molar refractivity (Wildman–Crippen MR) is 62.2 cm³/mol. The largest absolute Gasteiger partial charge is 0.389 e. The van der Waals surface area contributed by atoms with Crippen molar-refractivity contribution in [2.24, 2.45) is 16.7 Å². The fourth-order valence-corrected chi connectivity index (χ4v) is 4.22. The molecule has 1 N–H and O–H groups in total. The SMILES string of the molecule is C#CCCC1(O)C2(C)CCC(C2)C1(C)C. The summed E-state index contributed by atoms with van der Waals surface area (Å²) in [4.78, 5) is 0. The molecule has 1 nitrogen and oxygen atoms in total. The standard InChI is InChI=1S/C14H22O/c1-5-6-8-14(15)12(2,3)11-7-9-13(14,4)10-11/h1,11,15H,6-10H2,2-4H3. The third-order valence-electron chi connectivity index (χ3n) is 5.46. The molecule has 0 aromatic heterocycles. The Morgan fingerprint density at radius 1 is 1.40 bits per heavy atom. The van der Waals surface area contributed by atoms with Gasteiger partial charge in [0, 0.05) is 6.42 Å². The minimum absolute atomic E-state index is 0.0385. The van der Waals surface area contributed by atoms with Crippen molar-refractivity contribution in [3.8, 4) is 12.3 Å². The normalized spacial score (nSPS) is 46.7. The van der Waals surface area contributed by atoms with E-state index in [0.717, 1.165) is 6.42 Å². The summed E-state index contributed by atoms with van der Waals surface area (Å²) in [6.07, 6.45) is 10.4. The maximum absolute atomic E-state index is 11.0. The zero-order valence-corrected chi connectivity index (χ0v) is 10.1. The van der Waals surface area contributed by atoms with Gasteiger partial charge in [-0.1, -0.05) is 20.8 Å². The van der Waals surface area contributed by atoms with Crippen molar-refractivity contribution < 1.29 is 5.11 Å². The summed E-state index contributed by atoms with van der Waals surface area (Å²) < 4.78 is 0. The molecule has 0 aromatic rings. The number of hydrogen-bond acceptors (Lipinski definition) is 1. The van der Waals surface area contributed by atoms with E-state index in [1.54, 1.807) is 0 Å². The molecule has 2 saturated carbocycles. The number of terminal acetylenes is 1. The van der Waals surface area contributed by atoms with Gasteiger partial charge in [0.25, 0.3) is 0 Å². The van der Waals surface area contributed by atoms with E-state index in [2.05, 4.69) is 26.7 Å². The first-order chi connectivity index (χ1) is 6.87. The Bertz CT molecular complexity index is 305. The second-order valence-corrected chi connectivity index (χ2v) is 6.29. The van der Waals surface area contributed by atoms with Gasteiger partial charge in [-0.05, 0) is 42.4 Å². The minimum Gasteiger partial charge on any atom is -0.389 e. The molecule has 2 aliphatic rings. The van der Waals surface area contributed by atoms with E-state index < -0.39 is 5.60 Å². The zero-order chi connectivity index (χ0) is 11.3. The summed E-state index contributed by atoms with van der Waals surface area (Å²) in [6.45, 7) is 6.69.